The fourth-order valence-corrected chi connectivity index (χ4v) is 7.71. The van der Waals surface area contributed by atoms with Gasteiger partial charge >= 0.3 is 0 Å². The Kier molecular flexibility index (Phi) is 4.64. The fraction of sp³-hybridized carbons (Fsp3) is 0.611. The molecule has 3 aliphatic rings. The lowest BCUT2D eigenvalue weighted by molar-refractivity contribution is 0.281. The fourth-order valence-electron chi connectivity index (χ4n) is 4.26. The third-order valence-electron chi connectivity index (χ3n) is 5.64. The molecule has 0 unspecified atom stereocenters. The highest BCUT2D eigenvalue weighted by Gasteiger charge is 2.45. The highest BCUT2D eigenvalue weighted by Crippen LogP contribution is 2.50. The van der Waals surface area contributed by atoms with E-state index in [0.717, 1.165) is 23.2 Å². The maximum atomic E-state index is 12.5. The maximum absolute atomic E-state index is 12.5. The number of benzene rings is 1. The molecule has 24 heavy (non-hydrogen) atoms. The molecular weight excluding hydrogens is 336 g/mol. The first-order valence-electron chi connectivity index (χ1n) is 8.82. The smallest absolute Gasteiger partial charge is 0.200 e. The Morgan fingerprint density at radius 2 is 1.79 bits per heavy atom. The first-order chi connectivity index (χ1) is 11.2. The summed E-state index contributed by atoms with van der Waals surface area (Å²) in [6.07, 6.45) is 4.71. The van der Waals surface area contributed by atoms with Crippen LogP contribution in [-0.2, 0) is 10.0 Å². The van der Waals surface area contributed by atoms with Crippen LogP contribution in [0.1, 0.15) is 31.2 Å². The van der Waals surface area contributed by atoms with E-state index >= 15 is 0 Å². The second-order valence-electron chi connectivity index (χ2n) is 8.47. The van der Waals surface area contributed by atoms with Crippen LogP contribution in [0.15, 0.2) is 34.3 Å². The first-order valence-corrected chi connectivity index (χ1v) is 13.9. The second kappa shape index (κ2) is 6.30. The summed E-state index contributed by atoms with van der Waals surface area (Å²) in [7, 11) is -4.83. The minimum absolute atomic E-state index is 0.278. The number of nitrogens with one attached hydrogen (secondary N) is 1. The molecule has 1 N–H and O–H groups in total. The monoisotopic (exact) mass is 364 g/mol. The van der Waals surface area contributed by atoms with Crippen LogP contribution >= 0.6 is 0 Å². The standard InChI is InChI=1S/C18H28N2O2SSi/c1-13-5-8-15(9-6-13)23(21,22)20-19-17-11-14-7-10-16(17)18(12-14)24(2,3)4/h5-6,8-9,14,16,18,20H,7,10-12H2,1-4H3/b19-17+/t14-,16+,18+/m0/s1. The molecule has 1 aromatic rings. The summed E-state index contributed by atoms with van der Waals surface area (Å²) in [6.45, 7) is 9.21. The molecule has 1 aromatic carbocycles. The predicted molar refractivity (Wildman–Crippen MR) is 101 cm³/mol. The molecule has 0 aliphatic heterocycles. The molecule has 6 heteroatoms. The number of hydrogen-bond acceptors (Lipinski definition) is 3. The number of fused-ring (bicyclic) bond motifs is 3. The Morgan fingerprint density at radius 3 is 2.38 bits per heavy atom. The van der Waals surface area contributed by atoms with Crippen LogP contribution in [0, 0.1) is 18.8 Å². The average molecular weight is 365 g/mol. The molecule has 0 radical (unpaired) electrons. The Labute approximate surface area is 146 Å². The number of hydrazone groups is 1. The van der Waals surface area contributed by atoms with Gasteiger partial charge in [0.25, 0.3) is 10.0 Å². The van der Waals surface area contributed by atoms with Crippen molar-refractivity contribution in [3.05, 3.63) is 29.8 Å². The first kappa shape index (κ1) is 17.7. The van der Waals surface area contributed by atoms with E-state index in [1.54, 1.807) is 12.1 Å². The predicted octanol–water partition coefficient (Wildman–Crippen LogP) is 4.16. The van der Waals surface area contributed by atoms with Crippen LogP contribution in [-0.4, -0.2) is 22.2 Å². The van der Waals surface area contributed by atoms with Crippen LogP contribution in [0.3, 0.4) is 0 Å². The van der Waals surface area contributed by atoms with Crippen LogP contribution < -0.4 is 4.83 Å². The van der Waals surface area contributed by atoms with Crippen molar-refractivity contribution < 1.29 is 8.42 Å². The highest BCUT2D eigenvalue weighted by molar-refractivity contribution is 7.89. The quantitative estimate of drug-likeness (QED) is 0.644. The third kappa shape index (κ3) is 3.59. The lowest BCUT2D eigenvalue weighted by Gasteiger charge is -2.48. The SMILES string of the molecule is Cc1ccc(S(=O)(=O)N/N=C2\C[C@@H]3CC[C@H]2[C@H]([Si](C)(C)C)C3)cc1. The summed E-state index contributed by atoms with van der Waals surface area (Å²) in [5, 5.41) is 4.40. The van der Waals surface area contributed by atoms with Crippen molar-refractivity contribution in [2.24, 2.45) is 16.9 Å². The zero-order chi connectivity index (χ0) is 17.5. The van der Waals surface area contributed by atoms with Gasteiger partial charge in [0.1, 0.15) is 0 Å². The molecule has 0 aromatic heterocycles. The highest BCUT2D eigenvalue weighted by atomic mass is 32.2. The van der Waals surface area contributed by atoms with Crippen molar-refractivity contribution in [1.82, 2.24) is 4.83 Å². The molecule has 0 heterocycles. The third-order valence-corrected chi connectivity index (χ3v) is 9.73. The lowest BCUT2D eigenvalue weighted by Crippen LogP contribution is -2.46. The Morgan fingerprint density at radius 1 is 1.12 bits per heavy atom. The number of nitrogens with zero attached hydrogens (tertiary/aromatic N) is 1. The molecule has 2 bridgehead atoms. The number of rotatable bonds is 4. The molecule has 4 rings (SSSR count). The molecule has 3 fully saturated rings. The van der Waals surface area contributed by atoms with Gasteiger partial charge in [-0.25, -0.2) is 4.83 Å². The van der Waals surface area contributed by atoms with Crippen molar-refractivity contribution in [1.29, 1.82) is 0 Å². The van der Waals surface area contributed by atoms with E-state index in [1.807, 2.05) is 19.1 Å². The van der Waals surface area contributed by atoms with Gasteiger partial charge in [0.15, 0.2) is 0 Å². The number of hydrogen-bond donors (Lipinski definition) is 1. The minimum Gasteiger partial charge on any atom is -0.200 e. The zero-order valence-corrected chi connectivity index (χ0v) is 16.9. The van der Waals surface area contributed by atoms with Gasteiger partial charge in [0.05, 0.1) is 4.90 Å². The zero-order valence-electron chi connectivity index (χ0n) is 15.0. The molecule has 132 valence electrons. The molecule has 0 spiro atoms. The summed E-state index contributed by atoms with van der Waals surface area (Å²) < 4.78 is 24.9. The lowest BCUT2D eigenvalue weighted by atomic mass is 9.69. The molecule has 4 nitrogen and oxygen atoms in total. The number of sulfonamides is 1. The van der Waals surface area contributed by atoms with Gasteiger partial charge in [-0.3, -0.25) is 0 Å². The van der Waals surface area contributed by atoms with E-state index < -0.39 is 18.1 Å². The average Bonchev–Trinajstić information content (AvgIpc) is 2.53. The molecular formula is C18H28N2O2SSi. The van der Waals surface area contributed by atoms with E-state index in [-0.39, 0.29) is 4.90 Å². The summed E-state index contributed by atoms with van der Waals surface area (Å²) >= 11 is 0. The molecule has 0 saturated heterocycles. The molecule has 3 aliphatic carbocycles. The Hall–Kier alpha value is -1.14. The van der Waals surface area contributed by atoms with Gasteiger partial charge in [-0.2, -0.15) is 13.5 Å². The second-order valence-corrected chi connectivity index (χ2v) is 15.6. The summed E-state index contributed by atoms with van der Waals surface area (Å²) in [4.78, 5) is 2.77. The minimum atomic E-state index is -3.57. The molecule has 3 atom stereocenters. The normalized spacial score (nSPS) is 29.0. The van der Waals surface area contributed by atoms with Gasteiger partial charge in [0.2, 0.25) is 0 Å². The van der Waals surface area contributed by atoms with Crippen LogP contribution in [0.2, 0.25) is 25.2 Å². The number of aryl methyl sites for hydroxylation is 1. The maximum Gasteiger partial charge on any atom is 0.276 e. The van der Waals surface area contributed by atoms with E-state index in [0.29, 0.717) is 11.8 Å². The molecule has 3 saturated carbocycles. The Bertz CT molecular complexity index is 735. The molecule has 0 amide bonds. The van der Waals surface area contributed by atoms with E-state index in [1.165, 1.54) is 19.3 Å². The summed E-state index contributed by atoms with van der Waals surface area (Å²) in [6, 6.07) is 6.89. The largest absolute Gasteiger partial charge is 0.276 e. The van der Waals surface area contributed by atoms with E-state index in [2.05, 4.69) is 29.6 Å². The summed E-state index contributed by atoms with van der Waals surface area (Å²) in [5.41, 5.74) is 2.86. The van der Waals surface area contributed by atoms with Crippen LogP contribution in [0.5, 0.6) is 0 Å². The van der Waals surface area contributed by atoms with Gasteiger partial charge in [0, 0.05) is 13.8 Å². The van der Waals surface area contributed by atoms with E-state index in [4.69, 9.17) is 0 Å². The van der Waals surface area contributed by atoms with Crippen molar-refractivity contribution in [2.75, 3.05) is 0 Å². The van der Waals surface area contributed by atoms with Gasteiger partial charge in [-0.1, -0.05) is 37.3 Å². The van der Waals surface area contributed by atoms with Crippen molar-refractivity contribution in [3.63, 3.8) is 0 Å². The topological polar surface area (TPSA) is 58.5 Å². The van der Waals surface area contributed by atoms with Crippen molar-refractivity contribution in [2.45, 2.75) is 62.7 Å². The van der Waals surface area contributed by atoms with Gasteiger partial charge in [-0.15, -0.1) is 0 Å². The van der Waals surface area contributed by atoms with Crippen LogP contribution in [0.4, 0.5) is 0 Å². The van der Waals surface area contributed by atoms with Crippen molar-refractivity contribution in [3.8, 4) is 0 Å². The van der Waals surface area contributed by atoms with Crippen LogP contribution in [0.25, 0.3) is 0 Å². The van der Waals surface area contributed by atoms with Crippen molar-refractivity contribution >= 4 is 23.8 Å². The van der Waals surface area contributed by atoms with Gasteiger partial charge in [-0.05, 0) is 62.1 Å². The van der Waals surface area contributed by atoms with Gasteiger partial charge < -0.3 is 0 Å². The summed E-state index contributed by atoms with van der Waals surface area (Å²) in [5.74, 6) is 1.16. The Balaban J connectivity index is 1.80. The van der Waals surface area contributed by atoms with E-state index in [9.17, 15) is 8.42 Å².